The highest BCUT2D eigenvalue weighted by Gasteiger charge is 2.23. The maximum atomic E-state index is 13.6. The van der Waals surface area contributed by atoms with Gasteiger partial charge in [0.1, 0.15) is 0 Å². The Bertz CT molecular complexity index is 1380. The first-order chi connectivity index (χ1) is 20.3. The fourth-order valence-corrected chi connectivity index (χ4v) is 5.89. The molecule has 1 unspecified atom stereocenters. The minimum Gasteiger partial charge on any atom is -0.493 e. The van der Waals surface area contributed by atoms with Gasteiger partial charge in [0.05, 0.1) is 31.4 Å². The number of ether oxygens (including phenoxy) is 3. The average molecular weight is 615 g/mol. The van der Waals surface area contributed by atoms with Gasteiger partial charge in [0.2, 0.25) is 5.75 Å². The van der Waals surface area contributed by atoms with E-state index in [2.05, 4.69) is 35.2 Å². The second-order valence-corrected chi connectivity index (χ2v) is 11.4. The van der Waals surface area contributed by atoms with Gasteiger partial charge in [0.15, 0.2) is 11.5 Å². The lowest BCUT2D eigenvalue weighted by Crippen LogP contribution is -2.34. The van der Waals surface area contributed by atoms with E-state index in [1.165, 1.54) is 31.0 Å². The van der Waals surface area contributed by atoms with Gasteiger partial charge in [0.25, 0.3) is 5.91 Å². The maximum absolute atomic E-state index is 13.6. The lowest BCUT2D eigenvalue weighted by molar-refractivity contribution is 0.0782. The minimum absolute atomic E-state index is 0.0488. The van der Waals surface area contributed by atoms with Crippen molar-refractivity contribution in [2.45, 2.75) is 38.5 Å². The molecule has 0 aliphatic heterocycles. The molecule has 0 spiro atoms. The molecule has 7 nitrogen and oxygen atoms in total. The van der Waals surface area contributed by atoms with Crippen molar-refractivity contribution in [3.05, 3.63) is 80.6 Å². The second kappa shape index (κ2) is 14.9. The Morgan fingerprint density at radius 2 is 1.76 bits per heavy atom. The van der Waals surface area contributed by atoms with Crippen molar-refractivity contribution in [3.63, 3.8) is 0 Å². The number of nitrogens with one attached hydrogen (secondary N) is 1. The molecular weight excluding hydrogens is 573 g/mol. The van der Waals surface area contributed by atoms with E-state index < -0.39 is 0 Å². The zero-order valence-electron chi connectivity index (χ0n) is 25.1. The fourth-order valence-electron chi connectivity index (χ4n) is 5.59. The number of likely N-dealkylation sites (N-methyl/N-ethyl adjacent to an activating group) is 2. The number of carbonyl (C=O) groups is 1. The van der Waals surface area contributed by atoms with E-state index in [1.807, 2.05) is 25.2 Å². The Kier molecular flexibility index (Phi) is 11.2. The Balaban J connectivity index is 1.49. The van der Waals surface area contributed by atoms with Crippen molar-refractivity contribution in [1.82, 2.24) is 14.8 Å². The number of nitrogens with zero attached hydrogens (tertiary/aromatic N) is 2. The summed E-state index contributed by atoms with van der Waals surface area (Å²) in [4.78, 5) is 21.3. The van der Waals surface area contributed by atoms with Crippen LogP contribution in [-0.2, 0) is 12.8 Å². The third-order valence-electron chi connectivity index (χ3n) is 8.04. The third-order valence-corrected chi connectivity index (χ3v) is 8.78. The first kappa shape index (κ1) is 31.8. The molecule has 1 aliphatic carbocycles. The van der Waals surface area contributed by atoms with Crippen LogP contribution in [0.5, 0.6) is 17.2 Å². The number of fused-ring (bicyclic) bond motifs is 1. The number of aryl methyl sites for hydroxylation is 1. The number of allylic oxidation sites excluding steroid dienone is 1. The van der Waals surface area contributed by atoms with Crippen LogP contribution in [0.2, 0.25) is 10.0 Å². The predicted molar refractivity (Wildman–Crippen MR) is 171 cm³/mol. The molecule has 0 fully saturated rings. The first-order valence-corrected chi connectivity index (χ1v) is 15.1. The number of aromatic amines is 1. The van der Waals surface area contributed by atoms with Crippen LogP contribution in [-0.4, -0.2) is 75.2 Å². The number of aromatic nitrogens is 1. The Hall–Kier alpha value is -3.13. The molecule has 0 saturated heterocycles. The number of carbonyl (C=O) groups excluding carboxylic acids is 1. The summed E-state index contributed by atoms with van der Waals surface area (Å²) in [6.45, 7) is 5.48. The number of amides is 1. The highest BCUT2D eigenvalue weighted by atomic mass is 35.5. The molecule has 1 atom stereocenters. The molecular formula is C33H41Cl2N3O4. The number of rotatable bonds is 14. The van der Waals surface area contributed by atoms with Gasteiger partial charge in [0, 0.05) is 43.5 Å². The van der Waals surface area contributed by atoms with Crippen LogP contribution in [0.25, 0.3) is 6.08 Å². The fraction of sp³-hybridized carbons (Fsp3) is 0.424. The van der Waals surface area contributed by atoms with E-state index in [0.717, 1.165) is 50.9 Å². The molecule has 1 amide bonds. The first-order valence-electron chi connectivity index (χ1n) is 14.4. The molecule has 4 rings (SSSR count). The molecule has 1 N–H and O–H groups in total. The number of benzene rings is 2. The molecule has 9 heteroatoms. The summed E-state index contributed by atoms with van der Waals surface area (Å²) in [5.74, 6) is 1.23. The van der Waals surface area contributed by atoms with Gasteiger partial charge in [-0.15, -0.1) is 0 Å². The second-order valence-electron chi connectivity index (χ2n) is 10.6. The summed E-state index contributed by atoms with van der Waals surface area (Å²) in [5, 5.41) is 1.02. The van der Waals surface area contributed by atoms with Crippen LogP contribution in [0.4, 0.5) is 0 Å². The van der Waals surface area contributed by atoms with Crippen molar-refractivity contribution in [1.29, 1.82) is 0 Å². The van der Waals surface area contributed by atoms with E-state index in [1.54, 1.807) is 24.1 Å². The largest absolute Gasteiger partial charge is 0.493 e. The van der Waals surface area contributed by atoms with Crippen molar-refractivity contribution in [2.75, 3.05) is 54.6 Å². The highest BCUT2D eigenvalue weighted by Crippen LogP contribution is 2.38. The van der Waals surface area contributed by atoms with Gasteiger partial charge < -0.3 is 29.0 Å². The summed E-state index contributed by atoms with van der Waals surface area (Å²) in [5.41, 5.74) is 5.58. The van der Waals surface area contributed by atoms with Gasteiger partial charge in [-0.3, -0.25) is 4.79 Å². The molecule has 2 aromatic carbocycles. The normalized spacial score (nSPS) is 13.1. The summed E-state index contributed by atoms with van der Waals surface area (Å²) in [6, 6.07) is 9.12. The predicted octanol–water partition coefficient (Wildman–Crippen LogP) is 7.12. The lowest BCUT2D eigenvalue weighted by Gasteiger charge is -2.28. The van der Waals surface area contributed by atoms with Gasteiger partial charge in [-0.2, -0.15) is 0 Å². The monoisotopic (exact) mass is 613 g/mol. The molecule has 1 aliphatic rings. The van der Waals surface area contributed by atoms with E-state index in [0.29, 0.717) is 39.4 Å². The van der Waals surface area contributed by atoms with Crippen molar-refractivity contribution in [2.24, 2.45) is 0 Å². The van der Waals surface area contributed by atoms with Crippen LogP contribution >= 0.6 is 23.2 Å². The van der Waals surface area contributed by atoms with Crippen LogP contribution in [0.15, 0.2) is 42.6 Å². The van der Waals surface area contributed by atoms with E-state index in [9.17, 15) is 4.79 Å². The van der Waals surface area contributed by atoms with E-state index >= 15 is 0 Å². The smallest absolute Gasteiger partial charge is 0.253 e. The minimum atomic E-state index is -0.142. The summed E-state index contributed by atoms with van der Waals surface area (Å²) in [6.07, 6.45) is 10.7. The number of hydrogen-bond acceptors (Lipinski definition) is 5. The molecule has 42 heavy (non-hydrogen) atoms. The summed E-state index contributed by atoms with van der Waals surface area (Å²) >= 11 is 12.7. The number of H-pyrrole nitrogens is 1. The van der Waals surface area contributed by atoms with Crippen LogP contribution < -0.4 is 14.2 Å². The Morgan fingerprint density at radius 3 is 2.40 bits per heavy atom. The van der Waals surface area contributed by atoms with Gasteiger partial charge in [-0.05, 0) is 79.7 Å². The van der Waals surface area contributed by atoms with Crippen molar-refractivity contribution < 1.29 is 19.0 Å². The van der Waals surface area contributed by atoms with E-state index in [4.69, 9.17) is 37.4 Å². The highest BCUT2D eigenvalue weighted by molar-refractivity contribution is 6.42. The zero-order chi connectivity index (χ0) is 30.2. The zero-order valence-corrected chi connectivity index (χ0v) is 26.6. The quantitative estimate of drug-likeness (QED) is 0.210. The molecule has 1 heterocycles. The lowest BCUT2D eigenvalue weighted by atomic mass is 9.94. The molecule has 1 aromatic heterocycles. The number of methoxy groups -OCH3 is 3. The van der Waals surface area contributed by atoms with Gasteiger partial charge in [-0.25, -0.2) is 0 Å². The maximum Gasteiger partial charge on any atom is 0.253 e. The number of hydrogen-bond donors (Lipinski definition) is 1. The van der Waals surface area contributed by atoms with E-state index in [-0.39, 0.29) is 11.8 Å². The Labute approximate surface area is 259 Å². The molecule has 3 aromatic rings. The molecule has 0 radical (unpaired) electrons. The molecule has 0 bridgehead atoms. The topological polar surface area (TPSA) is 67.0 Å². The molecule has 226 valence electrons. The average Bonchev–Trinajstić information content (AvgIpc) is 3.43. The van der Waals surface area contributed by atoms with Crippen molar-refractivity contribution >= 4 is 35.2 Å². The molecule has 0 saturated carbocycles. The summed E-state index contributed by atoms with van der Waals surface area (Å²) < 4.78 is 16.4. The Morgan fingerprint density at radius 1 is 1.02 bits per heavy atom. The van der Waals surface area contributed by atoms with Crippen LogP contribution in [0.1, 0.15) is 58.4 Å². The van der Waals surface area contributed by atoms with Crippen LogP contribution in [0.3, 0.4) is 0 Å². The van der Waals surface area contributed by atoms with Gasteiger partial charge in [-0.1, -0.05) is 48.3 Å². The standard InChI is InChI=1S/C33H41Cl2N3O4/c1-6-38(15-13-23-20-36-29-10-8-7-9-26(23)29)16-14-24(22-11-12-27(34)28(35)17-22)21-37(2)33(39)25-18-30(40-3)32(42-5)31(19-25)41-4/h7,9,11-12,17-20,24,36H,6,8,10,13-16,21H2,1-5H3. The number of halogens is 2. The van der Waals surface area contributed by atoms with Crippen molar-refractivity contribution in [3.8, 4) is 17.2 Å². The van der Waals surface area contributed by atoms with Gasteiger partial charge >= 0.3 is 0 Å². The van der Waals surface area contributed by atoms with Crippen LogP contribution in [0, 0.1) is 0 Å². The third kappa shape index (κ3) is 7.44. The SMILES string of the molecule is CCN(CCc1c[nH]c2c1C=CCC2)CCC(CN(C)C(=O)c1cc(OC)c(OC)c(OC)c1)c1ccc(Cl)c(Cl)c1. The summed E-state index contributed by atoms with van der Waals surface area (Å²) in [7, 11) is 6.43.